The van der Waals surface area contributed by atoms with E-state index in [1.165, 1.54) is 16.7 Å². The van der Waals surface area contributed by atoms with Crippen LogP contribution in [0.15, 0.2) is 42.5 Å². The second kappa shape index (κ2) is 12.9. The standard InChI is InChI=1S/C33H44N2O4/c1-5-39-32(38)33(3,4)30-8-6-7-26(21-30)23-34-17-15-27-10-11-29(22-28(27)16-18-34)31(37)12-9-25-13-19-35(20-14-25)24(2)36/h6-8,10-11,21-22,25H,5,9,12-20,23H2,1-4H3. The molecular weight excluding hydrogens is 488 g/mol. The molecule has 1 fully saturated rings. The molecule has 6 nitrogen and oxygen atoms in total. The number of benzene rings is 2. The number of ketones is 1. The van der Waals surface area contributed by atoms with Crippen LogP contribution >= 0.6 is 0 Å². The Morgan fingerprint density at radius 3 is 2.36 bits per heavy atom. The van der Waals surface area contributed by atoms with Gasteiger partial charge in [-0.15, -0.1) is 0 Å². The van der Waals surface area contributed by atoms with Gasteiger partial charge in [0.1, 0.15) is 0 Å². The van der Waals surface area contributed by atoms with Gasteiger partial charge in [0.2, 0.25) is 5.91 Å². The van der Waals surface area contributed by atoms with Crippen LogP contribution in [0.5, 0.6) is 0 Å². The lowest BCUT2D eigenvalue weighted by molar-refractivity contribution is -0.148. The van der Waals surface area contributed by atoms with Crippen LogP contribution in [0.2, 0.25) is 0 Å². The number of esters is 1. The Kier molecular flexibility index (Phi) is 9.60. The molecule has 2 heterocycles. The summed E-state index contributed by atoms with van der Waals surface area (Å²) < 4.78 is 5.30. The molecule has 2 aromatic rings. The average molecular weight is 533 g/mol. The van der Waals surface area contributed by atoms with E-state index in [0.29, 0.717) is 18.9 Å². The predicted octanol–water partition coefficient (Wildman–Crippen LogP) is 5.35. The van der Waals surface area contributed by atoms with Gasteiger partial charge >= 0.3 is 5.97 Å². The molecule has 0 unspecified atom stereocenters. The summed E-state index contributed by atoms with van der Waals surface area (Å²) >= 11 is 0. The van der Waals surface area contributed by atoms with E-state index in [1.807, 2.05) is 43.9 Å². The van der Waals surface area contributed by atoms with Gasteiger partial charge in [-0.05, 0) is 87.1 Å². The number of amides is 1. The number of ether oxygens (including phenoxy) is 1. The summed E-state index contributed by atoms with van der Waals surface area (Å²) in [6, 6.07) is 14.6. The third-order valence-corrected chi connectivity index (χ3v) is 8.60. The van der Waals surface area contributed by atoms with Crippen LogP contribution in [-0.4, -0.2) is 60.2 Å². The maximum atomic E-state index is 13.0. The van der Waals surface area contributed by atoms with E-state index >= 15 is 0 Å². The Labute approximate surface area is 233 Å². The number of rotatable bonds is 9. The number of hydrogen-bond acceptors (Lipinski definition) is 5. The van der Waals surface area contributed by atoms with Crippen molar-refractivity contribution in [3.05, 3.63) is 70.3 Å². The van der Waals surface area contributed by atoms with Crippen molar-refractivity contribution >= 4 is 17.7 Å². The Bertz CT molecular complexity index is 1180. The van der Waals surface area contributed by atoms with Gasteiger partial charge in [-0.3, -0.25) is 19.3 Å². The van der Waals surface area contributed by atoms with Gasteiger partial charge in [0.05, 0.1) is 12.0 Å². The van der Waals surface area contributed by atoms with Crippen LogP contribution in [0.4, 0.5) is 0 Å². The molecular formula is C33H44N2O4. The van der Waals surface area contributed by atoms with Crippen molar-refractivity contribution in [3.8, 4) is 0 Å². The van der Waals surface area contributed by atoms with Crippen LogP contribution < -0.4 is 0 Å². The van der Waals surface area contributed by atoms with Gasteiger partial charge in [0, 0.05) is 51.6 Å². The number of Topliss-reactive ketones (excluding diaryl/α,β-unsaturated/α-hetero) is 1. The molecule has 4 rings (SSSR count). The first kappa shape index (κ1) is 29.0. The van der Waals surface area contributed by atoms with E-state index in [2.05, 4.69) is 29.2 Å². The van der Waals surface area contributed by atoms with Crippen LogP contribution in [0.3, 0.4) is 0 Å². The number of carbonyl (C=O) groups is 3. The fourth-order valence-corrected chi connectivity index (χ4v) is 5.87. The molecule has 0 spiro atoms. The zero-order valence-corrected chi connectivity index (χ0v) is 24.1. The van der Waals surface area contributed by atoms with Gasteiger partial charge in [0.25, 0.3) is 0 Å². The molecule has 210 valence electrons. The molecule has 0 bridgehead atoms. The normalized spacial score (nSPS) is 16.9. The number of likely N-dealkylation sites (tertiary alicyclic amines) is 1. The lowest BCUT2D eigenvalue weighted by atomic mass is 9.84. The summed E-state index contributed by atoms with van der Waals surface area (Å²) in [7, 11) is 0. The Morgan fingerprint density at radius 1 is 0.949 bits per heavy atom. The highest BCUT2D eigenvalue weighted by Gasteiger charge is 2.31. The van der Waals surface area contributed by atoms with Crippen molar-refractivity contribution in [1.82, 2.24) is 9.80 Å². The van der Waals surface area contributed by atoms with Crippen LogP contribution in [-0.2, 0) is 39.1 Å². The predicted molar refractivity (Wildman–Crippen MR) is 154 cm³/mol. The first-order valence-corrected chi connectivity index (χ1v) is 14.6. The van der Waals surface area contributed by atoms with E-state index in [9.17, 15) is 14.4 Å². The van der Waals surface area contributed by atoms with Crippen molar-refractivity contribution in [3.63, 3.8) is 0 Å². The monoisotopic (exact) mass is 532 g/mol. The minimum Gasteiger partial charge on any atom is -0.465 e. The zero-order chi connectivity index (χ0) is 28.0. The molecule has 0 N–H and O–H groups in total. The summed E-state index contributed by atoms with van der Waals surface area (Å²) in [6.45, 7) is 12.0. The zero-order valence-electron chi connectivity index (χ0n) is 24.1. The highest BCUT2D eigenvalue weighted by molar-refractivity contribution is 5.96. The number of piperidine rings is 1. The molecule has 2 aliphatic heterocycles. The summed E-state index contributed by atoms with van der Waals surface area (Å²) in [4.78, 5) is 41.5. The number of carbonyl (C=O) groups excluding carboxylic acids is 3. The maximum Gasteiger partial charge on any atom is 0.315 e. The van der Waals surface area contributed by atoms with Gasteiger partial charge in [-0.1, -0.05) is 36.4 Å². The van der Waals surface area contributed by atoms with E-state index in [4.69, 9.17) is 4.74 Å². The van der Waals surface area contributed by atoms with E-state index in [-0.39, 0.29) is 17.7 Å². The Balaban J connectivity index is 1.32. The Morgan fingerprint density at radius 2 is 1.67 bits per heavy atom. The van der Waals surface area contributed by atoms with E-state index in [0.717, 1.165) is 76.0 Å². The topological polar surface area (TPSA) is 66.9 Å². The average Bonchev–Trinajstić information content (AvgIpc) is 3.14. The third-order valence-electron chi connectivity index (χ3n) is 8.60. The van der Waals surface area contributed by atoms with Crippen molar-refractivity contribution in [2.75, 3.05) is 32.8 Å². The van der Waals surface area contributed by atoms with Crippen molar-refractivity contribution in [2.45, 2.75) is 78.2 Å². The number of fused-ring (bicyclic) bond motifs is 1. The summed E-state index contributed by atoms with van der Waals surface area (Å²) in [5.74, 6) is 0.713. The lowest BCUT2D eigenvalue weighted by Gasteiger charge is -2.31. The third kappa shape index (κ3) is 7.36. The Hall–Kier alpha value is -2.99. The fraction of sp³-hybridized carbons (Fsp3) is 0.545. The van der Waals surface area contributed by atoms with Crippen molar-refractivity contribution in [2.24, 2.45) is 5.92 Å². The summed E-state index contributed by atoms with van der Waals surface area (Å²) in [5.41, 5.74) is 4.94. The second-order valence-corrected chi connectivity index (χ2v) is 11.7. The van der Waals surface area contributed by atoms with E-state index in [1.54, 1.807) is 6.92 Å². The highest BCUT2D eigenvalue weighted by Crippen LogP contribution is 2.27. The van der Waals surface area contributed by atoms with Gasteiger partial charge in [-0.2, -0.15) is 0 Å². The first-order valence-electron chi connectivity index (χ1n) is 14.6. The van der Waals surface area contributed by atoms with Crippen molar-refractivity contribution < 1.29 is 19.1 Å². The molecule has 0 radical (unpaired) electrons. The molecule has 1 saturated heterocycles. The molecule has 0 aliphatic carbocycles. The maximum absolute atomic E-state index is 13.0. The van der Waals surface area contributed by atoms with Crippen LogP contribution in [0, 0.1) is 5.92 Å². The van der Waals surface area contributed by atoms with Crippen LogP contribution in [0.25, 0.3) is 0 Å². The first-order chi connectivity index (χ1) is 18.7. The van der Waals surface area contributed by atoms with Gasteiger partial charge in [-0.25, -0.2) is 0 Å². The molecule has 6 heteroatoms. The van der Waals surface area contributed by atoms with Gasteiger partial charge < -0.3 is 9.64 Å². The minimum absolute atomic E-state index is 0.152. The SMILES string of the molecule is CCOC(=O)C(C)(C)c1cccc(CN2CCc3ccc(C(=O)CCC4CCN(C(C)=O)CC4)cc3CC2)c1. The number of nitrogens with zero attached hydrogens (tertiary/aromatic N) is 2. The number of hydrogen-bond donors (Lipinski definition) is 0. The highest BCUT2D eigenvalue weighted by atomic mass is 16.5. The molecule has 0 aromatic heterocycles. The second-order valence-electron chi connectivity index (χ2n) is 11.7. The largest absolute Gasteiger partial charge is 0.465 e. The molecule has 0 atom stereocenters. The van der Waals surface area contributed by atoms with Crippen LogP contribution in [0.1, 0.15) is 86.0 Å². The molecule has 0 saturated carbocycles. The van der Waals surface area contributed by atoms with E-state index < -0.39 is 5.41 Å². The smallest absolute Gasteiger partial charge is 0.315 e. The summed E-state index contributed by atoms with van der Waals surface area (Å²) in [5, 5.41) is 0. The molecule has 2 aromatic carbocycles. The van der Waals surface area contributed by atoms with Gasteiger partial charge in [0.15, 0.2) is 5.78 Å². The lowest BCUT2D eigenvalue weighted by Crippen LogP contribution is -2.37. The molecule has 39 heavy (non-hydrogen) atoms. The molecule has 2 aliphatic rings. The minimum atomic E-state index is -0.685. The van der Waals surface area contributed by atoms with Crippen molar-refractivity contribution in [1.29, 1.82) is 0 Å². The quantitative estimate of drug-likeness (QED) is 0.322. The summed E-state index contributed by atoms with van der Waals surface area (Å²) in [6.07, 6.45) is 5.36. The molecule has 1 amide bonds. The fourth-order valence-electron chi connectivity index (χ4n) is 5.87.